The van der Waals surface area contributed by atoms with Gasteiger partial charge in [-0.05, 0) is 51.5 Å². The van der Waals surface area contributed by atoms with Crippen LogP contribution in [0.15, 0.2) is 24.3 Å². The van der Waals surface area contributed by atoms with Crippen molar-refractivity contribution < 1.29 is 13.9 Å². The lowest BCUT2D eigenvalue weighted by Crippen LogP contribution is -2.70. The molecule has 1 amide bonds. The summed E-state index contributed by atoms with van der Waals surface area (Å²) in [4.78, 5) is 16.2. The monoisotopic (exact) mass is 292 g/mol. The number of rotatable bonds is 1. The SMILES string of the molecule is CC(C)(C)OC(=O)N1C2CC1CN(c1ccc(F)cc1)C2. The second-order valence-corrected chi connectivity index (χ2v) is 6.81. The average molecular weight is 292 g/mol. The van der Waals surface area contributed by atoms with Gasteiger partial charge in [-0.2, -0.15) is 0 Å². The first-order valence-electron chi connectivity index (χ1n) is 7.35. The molecule has 5 heteroatoms. The van der Waals surface area contributed by atoms with Crippen LogP contribution in [0, 0.1) is 5.82 Å². The van der Waals surface area contributed by atoms with E-state index < -0.39 is 5.60 Å². The van der Waals surface area contributed by atoms with Crippen LogP contribution in [-0.4, -0.2) is 41.8 Å². The number of carbonyl (C=O) groups excluding carboxylic acids is 1. The van der Waals surface area contributed by atoms with Crippen LogP contribution in [0.3, 0.4) is 0 Å². The molecule has 2 bridgehead atoms. The standard InChI is InChI=1S/C16H21FN2O2/c1-16(2,3)21-15(20)19-13-8-14(19)10-18(9-13)12-6-4-11(17)5-7-12/h4-7,13-14H,8-10H2,1-3H3. The fraction of sp³-hybridized carbons (Fsp3) is 0.562. The minimum atomic E-state index is -0.461. The highest BCUT2D eigenvalue weighted by molar-refractivity contribution is 5.71. The molecule has 0 N–H and O–H groups in total. The van der Waals surface area contributed by atoms with Gasteiger partial charge in [0.1, 0.15) is 11.4 Å². The molecule has 0 aliphatic carbocycles. The number of halogens is 1. The smallest absolute Gasteiger partial charge is 0.410 e. The van der Waals surface area contributed by atoms with Gasteiger partial charge in [-0.3, -0.25) is 4.90 Å². The summed E-state index contributed by atoms with van der Waals surface area (Å²) in [7, 11) is 0. The van der Waals surface area contributed by atoms with Gasteiger partial charge >= 0.3 is 6.09 Å². The summed E-state index contributed by atoms with van der Waals surface area (Å²) < 4.78 is 18.4. The van der Waals surface area contributed by atoms with Crippen molar-refractivity contribution >= 4 is 11.8 Å². The van der Waals surface area contributed by atoms with Gasteiger partial charge in [-0.15, -0.1) is 0 Å². The zero-order valence-electron chi connectivity index (χ0n) is 12.7. The van der Waals surface area contributed by atoms with Crippen LogP contribution in [-0.2, 0) is 4.74 Å². The lowest BCUT2D eigenvalue weighted by Gasteiger charge is -2.56. The largest absolute Gasteiger partial charge is 0.444 e. The van der Waals surface area contributed by atoms with E-state index in [1.165, 1.54) is 12.1 Å². The summed E-state index contributed by atoms with van der Waals surface area (Å²) in [5, 5.41) is 0. The van der Waals surface area contributed by atoms with Crippen molar-refractivity contribution in [1.29, 1.82) is 0 Å². The molecule has 2 unspecified atom stereocenters. The average Bonchev–Trinajstić information content (AvgIpc) is 2.37. The van der Waals surface area contributed by atoms with Crippen LogP contribution in [0.2, 0.25) is 0 Å². The maximum Gasteiger partial charge on any atom is 0.410 e. The first-order valence-corrected chi connectivity index (χ1v) is 7.35. The number of ether oxygens (including phenoxy) is 1. The Bertz CT molecular complexity index is 526. The number of piperazine rings is 1. The fourth-order valence-corrected chi connectivity index (χ4v) is 3.09. The first-order chi connectivity index (χ1) is 9.83. The van der Waals surface area contributed by atoms with Gasteiger partial charge in [0.05, 0.1) is 12.1 Å². The Balaban J connectivity index is 1.64. The number of nitrogens with zero attached hydrogens (tertiary/aromatic N) is 2. The third kappa shape index (κ3) is 2.82. The van der Waals surface area contributed by atoms with E-state index in [9.17, 15) is 9.18 Å². The molecule has 2 atom stereocenters. The number of amides is 1. The molecule has 21 heavy (non-hydrogen) atoms. The summed E-state index contributed by atoms with van der Waals surface area (Å²) >= 11 is 0. The zero-order valence-corrected chi connectivity index (χ0v) is 12.7. The highest BCUT2D eigenvalue weighted by Gasteiger charge is 2.48. The third-order valence-corrected chi connectivity index (χ3v) is 3.99. The van der Waals surface area contributed by atoms with E-state index in [0.717, 1.165) is 25.2 Å². The fourth-order valence-electron chi connectivity index (χ4n) is 3.09. The maximum absolute atomic E-state index is 13.0. The molecule has 0 aromatic heterocycles. The third-order valence-electron chi connectivity index (χ3n) is 3.99. The van der Waals surface area contributed by atoms with Gasteiger partial charge in [0.25, 0.3) is 0 Å². The second kappa shape index (κ2) is 4.90. The number of anilines is 1. The molecule has 3 aliphatic heterocycles. The Hall–Kier alpha value is -1.78. The van der Waals surface area contributed by atoms with Crippen molar-refractivity contribution in [2.45, 2.75) is 44.9 Å². The van der Waals surface area contributed by atoms with Crippen LogP contribution in [0.5, 0.6) is 0 Å². The zero-order chi connectivity index (χ0) is 15.2. The Morgan fingerprint density at radius 1 is 1.19 bits per heavy atom. The minimum Gasteiger partial charge on any atom is -0.444 e. The van der Waals surface area contributed by atoms with Crippen molar-refractivity contribution in [2.75, 3.05) is 18.0 Å². The van der Waals surface area contributed by atoms with Crippen molar-refractivity contribution in [3.05, 3.63) is 30.1 Å². The minimum absolute atomic E-state index is 0.198. The van der Waals surface area contributed by atoms with E-state index in [1.807, 2.05) is 25.7 Å². The summed E-state index contributed by atoms with van der Waals surface area (Å²) in [6.07, 6.45) is 0.805. The van der Waals surface area contributed by atoms with Crippen molar-refractivity contribution in [3.8, 4) is 0 Å². The number of carbonyl (C=O) groups is 1. The molecular weight excluding hydrogens is 271 g/mol. The highest BCUT2D eigenvalue weighted by atomic mass is 19.1. The van der Waals surface area contributed by atoms with Gasteiger partial charge in [-0.1, -0.05) is 0 Å². The molecule has 0 radical (unpaired) electrons. The van der Waals surface area contributed by atoms with Crippen LogP contribution in [0.1, 0.15) is 27.2 Å². The quantitative estimate of drug-likeness (QED) is 0.797. The summed E-state index contributed by atoms with van der Waals surface area (Å²) in [5.74, 6) is -0.226. The molecule has 4 nitrogen and oxygen atoms in total. The van der Waals surface area contributed by atoms with E-state index in [4.69, 9.17) is 4.74 Å². The van der Waals surface area contributed by atoms with Gasteiger partial charge in [0.15, 0.2) is 0 Å². The predicted octanol–water partition coefficient (Wildman–Crippen LogP) is 3.02. The molecule has 3 aliphatic rings. The summed E-state index contributed by atoms with van der Waals surface area (Å²) in [6.45, 7) is 7.20. The molecule has 3 fully saturated rings. The Morgan fingerprint density at radius 2 is 1.76 bits per heavy atom. The van der Waals surface area contributed by atoms with E-state index >= 15 is 0 Å². The first kappa shape index (κ1) is 14.2. The van der Waals surface area contributed by atoms with Crippen molar-refractivity contribution in [1.82, 2.24) is 4.90 Å². The molecule has 114 valence electrons. The van der Waals surface area contributed by atoms with E-state index in [-0.39, 0.29) is 24.0 Å². The van der Waals surface area contributed by atoms with E-state index in [1.54, 1.807) is 12.1 Å². The number of hydrogen-bond donors (Lipinski definition) is 0. The Kier molecular flexibility index (Phi) is 3.30. The maximum atomic E-state index is 13.0. The lowest BCUT2D eigenvalue weighted by molar-refractivity contribution is -0.0379. The predicted molar refractivity (Wildman–Crippen MR) is 78.9 cm³/mol. The lowest BCUT2D eigenvalue weighted by atomic mass is 9.87. The number of fused-ring (bicyclic) bond motifs is 2. The van der Waals surface area contributed by atoms with Crippen LogP contribution >= 0.6 is 0 Å². The van der Waals surface area contributed by atoms with Gasteiger partial charge in [0.2, 0.25) is 0 Å². The Labute approximate surface area is 124 Å². The van der Waals surface area contributed by atoms with Crippen LogP contribution in [0.25, 0.3) is 0 Å². The topological polar surface area (TPSA) is 32.8 Å². The Morgan fingerprint density at radius 3 is 2.29 bits per heavy atom. The number of piperidine rings is 1. The van der Waals surface area contributed by atoms with Gasteiger partial charge in [0, 0.05) is 18.8 Å². The highest BCUT2D eigenvalue weighted by Crippen LogP contribution is 2.35. The van der Waals surface area contributed by atoms with E-state index in [0.29, 0.717) is 0 Å². The molecule has 0 saturated carbocycles. The molecule has 1 aromatic carbocycles. The number of hydrogen-bond acceptors (Lipinski definition) is 3. The second-order valence-electron chi connectivity index (χ2n) is 6.81. The van der Waals surface area contributed by atoms with E-state index in [2.05, 4.69) is 4.90 Å². The summed E-state index contributed by atoms with van der Waals surface area (Å²) in [6, 6.07) is 6.92. The van der Waals surface area contributed by atoms with Crippen LogP contribution in [0.4, 0.5) is 14.9 Å². The van der Waals surface area contributed by atoms with Crippen molar-refractivity contribution in [3.63, 3.8) is 0 Å². The van der Waals surface area contributed by atoms with Crippen LogP contribution < -0.4 is 4.90 Å². The molecule has 4 rings (SSSR count). The van der Waals surface area contributed by atoms with Crippen molar-refractivity contribution in [2.24, 2.45) is 0 Å². The molecule has 3 heterocycles. The normalized spacial score (nSPS) is 24.6. The molecule has 0 spiro atoms. The molecule has 1 aromatic rings. The number of benzene rings is 1. The van der Waals surface area contributed by atoms with Gasteiger partial charge < -0.3 is 9.64 Å². The van der Waals surface area contributed by atoms with Gasteiger partial charge in [-0.25, -0.2) is 9.18 Å². The molecular formula is C16H21FN2O2. The molecule has 3 saturated heterocycles. The summed E-state index contributed by atoms with van der Waals surface area (Å²) in [5.41, 5.74) is 0.549.